The molecule has 5 heteroatoms. The van der Waals surface area contributed by atoms with Crippen molar-refractivity contribution >= 4 is 22.5 Å². The molecule has 0 atom stereocenters. The van der Waals surface area contributed by atoms with Gasteiger partial charge in [-0.05, 0) is 80.0 Å². The summed E-state index contributed by atoms with van der Waals surface area (Å²) in [7, 11) is 0. The zero-order valence-electron chi connectivity index (χ0n) is 16.8. The molecule has 0 unspecified atom stereocenters. The van der Waals surface area contributed by atoms with Crippen LogP contribution in [0, 0.1) is 23.7 Å². The Labute approximate surface area is 175 Å². The van der Waals surface area contributed by atoms with Crippen LogP contribution in [0.3, 0.4) is 0 Å². The van der Waals surface area contributed by atoms with E-state index in [1.807, 2.05) is 48.5 Å². The molecule has 7 rings (SSSR count). The van der Waals surface area contributed by atoms with Gasteiger partial charge in [0.05, 0.1) is 22.5 Å². The third kappa shape index (κ3) is 3.00. The number of amides is 1. The number of pyridine rings is 2. The summed E-state index contributed by atoms with van der Waals surface area (Å²) < 4.78 is 0. The summed E-state index contributed by atoms with van der Waals surface area (Å²) in [5.41, 5.74) is 6.96. The second kappa shape index (κ2) is 7.01. The van der Waals surface area contributed by atoms with Crippen molar-refractivity contribution in [3.8, 4) is 11.4 Å². The summed E-state index contributed by atoms with van der Waals surface area (Å²) in [6.45, 7) is 0. The molecule has 1 N–H and O–H groups in total. The lowest BCUT2D eigenvalue weighted by Gasteiger charge is -2.50. The zero-order valence-corrected chi connectivity index (χ0v) is 16.8. The molecule has 4 saturated carbocycles. The number of benzene rings is 1. The SMILES string of the molecule is O=C(NN=C1C2CC3CC(C2)CC1C3)c1cc(-c2ccccn2)nc2ccccc12. The molecular formula is C25H24N4O. The Morgan fingerprint density at radius 2 is 1.63 bits per heavy atom. The largest absolute Gasteiger partial charge is 0.272 e. The standard InChI is InChI=1S/C25H24N4O/c30-25(29-28-24-17-10-15-9-16(12-17)13-18(24)11-15)20-14-23(22-7-3-4-8-26-22)27-21-6-2-1-5-19(20)21/h1-8,14-18H,9-13H2,(H,29,30). The molecule has 2 aromatic heterocycles. The fourth-order valence-electron chi connectivity index (χ4n) is 6.03. The van der Waals surface area contributed by atoms with Crippen LogP contribution in [0.15, 0.2) is 59.8 Å². The van der Waals surface area contributed by atoms with Crippen LogP contribution in [0.25, 0.3) is 22.3 Å². The van der Waals surface area contributed by atoms with Crippen molar-refractivity contribution < 1.29 is 4.79 Å². The van der Waals surface area contributed by atoms with Crippen LogP contribution in [0.1, 0.15) is 42.5 Å². The van der Waals surface area contributed by atoms with Gasteiger partial charge in [0, 0.05) is 17.3 Å². The van der Waals surface area contributed by atoms with E-state index >= 15 is 0 Å². The topological polar surface area (TPSA) is 67.2 Å². The highest BCUT2D eigenvalue weighted by molar-refractivity contribution is 6.07. The third-order valence-electron chi connectivity index (χ3n) is 7.15. The van der Waals surface area contributed by atoms with Crippen molar-refractivity contribution in [2.24, 2.45) is 28.8 Å². The normalized spacial score (nSPS) is 26.7. The van der Waals surface area contributed by atoms with E-state index in [1.54, 1.807) is 6.20 Å². The lowest BCUT2D eigenvalue weighted by Crippen LogP contribution is -2.46. The molecule has 2 heterocycles. The second-order valence-electron chi connectivity index (χ2n) is 9.07. The van der Waals surface area contributed by atoms with Gasteiger partial charge in [0.15, 0.2) is 0 Å². The van der Waals surface area contributed by atoms with Crippen molar-refractivity contribution in [3.05, 3.63) is 60.3 Å². The molecule has 1 amide bonds. The summed E-state index contributed by atoms with van der Waals surface area (Å²) in [5.74, 6) is 2.73. The van der Waals surface area contributed by atoms with E-state index in [0.29, 0.717) is 23.1 Å². The van der Waals surface area contributed by atoms with E-state index in [2.05, 4.69) is 15.5 Å². The molecule has 4 aliphatic rings. The first-order chi connectivity index (χ1) is 14.7. The van der Waals surface area contributed by atoms with Gasteiger partial charge in [0.2, 0.25) is 0 Å². The van der Waals surface area contributed by atoms with Gasteiger partial charge in [0.1, 0.15) is 0 Å². The van der Waals surface area contributed by atoms with Crippen LogP contribution < -0.4 is 5.43 Å². The quantitative estimate of drug-likeness (QED) is 0.644. The lowest BCUT2D eigenvalue weighted by atomic mass is 9.55. The van der Waals surface area contributed by atoms with E-state index in [1.165, 1.54) is 37.8 Å². The monoisotopic (exact) mass is 396 g/mol. The van der Waals surface area contributed by atoms with Crippen LogP contribution in [0.5, 0.6) is 0 Å². The smallest absolute Gasteiger partial charge is 0.267 e. The molecule has 4 fully saturated rings. The summed E-state index contributed by atoms with van der Waals surface area (Å²) in [4.78, 5) is 22.3. The number of carbonyl (C=O) groups is 1. The van der Waals surface area contributed by atoms with Crippen molar-refractivity contribution in [1.82, 2.24) is 15.4 Å². The molecule has 3 aromatic rings. The van der Waals surface area contributed by atoms with Crippen molar-refractivity contribution in [3.63, 3.8) is 0 Å². The maximum atomic E-state index is 13.2. The van der Waals surface area contributed by atoms with Crippen molar-refractivity contribution in [2.75, 3.05) is 0 Å². The molecule has 30 heavy (non-hydrogen) atoms. The second-order valence-corrected chi connectivity index (χ2v) is 9.07. The number of hydrogen-bond acceptors (Lipinski definition) is 4. The first-order valence-corrected chi connectivity index (χ1v) is 10.9. The van der Waals surface area contributed by atoms with Gasteiger partial charge in [-0.3, -0.25) is 9.78 Å². The highest BCUT2D eigenvalue weighted by Gasteiger charge is 2.46. The Hall–Kier alpha value is -3.08. The number of para-hydroxylation sites is 1. The molecule has 5 nitrogen and oxygen atoms in total. The highest BCUT2D eigenvalue weighted by Crippen LogP contribution is 2.52. The fourth-order valence-corrected chi connectivity index (χ4v) is 6.03. The maximum absolute atomic E-state index is 13.2. The van der Waals surface area contributed by atoms with Gasteiger partial charge in [-0.2, -0.15) is 5.10 Å². The van der Waals surface area contributed by atoms with E-state index in [4.69, 9.17) is 4.98 Å². The number of rotatable bonds is 3. The predicted octanol–water partition coefficient (Wildman–Crippen LogP) is 4.84. The Balaban J connectivity index is 1.34. The molecule has 0 saturated heterocycles. The van der Waals surface area contributed by atoms with Crippen LogP contribution in [0.4, 0.5) is 0 Å². The number of fused-ring (bicyclic) bond motifs is 1. The van der Waals surface area contributed by atoms with Gasteiger partial charge in [0.25, 0.3) is 5.91 Å². The van der Waals surface area contributed by atoms with Gasteiger partial charge in [-0.15, -0.1) is 0 Å². The van der Waals surface area contributed by atoms with Crippen molar-refractivity contribution in [1.29, 1.82) is 0 Å². The molecule has 4 aliphatic carbocycles. The Morgan fingerprint density at radius 1 is 0.900 bits per heavy atom. The molecule has 0 aliphatic heterocycles. The Kier molecular flexibility index (Phi) is 4.15. The number of nitrogens with one attached hydrogen (secondary N) is 1. The predicted molar refractivity (Wildman–Crippen MR) is 117 cm³/mol. The first kappa shape index (κ1) is 17.8. The Morgan fingerprint density at radius 3 is 2.37 bits per heavy atom. The molecule has 1 aromatic carbocycles. The van der Waals surface area contributed by atoms with Gasteiger partial charge in [-0.1, -0.05) is 24.3 Å². The number of aromatic nitrogens is 2. The minimum atomic E-state index is -0.174. The van der Waals surface area contributed by atoms with E-state index in [0.717, 1.165) is 28.4 Å². The van der Waals surface area contributed by atoms with E-state index < -0.39 is 0 Å². The third-order valence-corrected chi connectivity index (χ3v) is 7.15. The first-order valence-electron chi connectivity index (χ1n) is 10.9. The van der Waals surface area contributed by atoms with E-state index in [9.17, 15) is 4.79 Å². The summed E-state index contributed by atoms with van der Waals surface area (Å²) in [6, 6.07) is 15.3. The summed E-state index contributed by atoms with van der Waals surface area (Å²) >= 11 is 0. The van der Waals surface area contributed by atoms with Gasteiger partial charge >= 0.3 is 0 Å². The Bertz CT molecular complexity index is 1120. The number of nitrogens with zero attached hydrogens (tertiary/aromatic N) is 3. The minimum Gasteiger partial charge on any atom is -0.267 e. The van der Waals surface area contributed by atoms with Crippen LogP contribution in [0.2, 0.25) is 0 Å². The van der Waals surface area contributed by atoms with Crippen LogP contribution in [-0.2, 0) is 0 Å². The molecule has 0 radical (unpaired) electrons. The molecule has 150 valence electrons. The number of hydrazone groups is 1. The van der Waals surface area contributed by atoms with Crippen LogP contribution >= 0.6 is 0 Å². The average molecular weight is 396 g/mol. The van der Waals surface area contributed by atoms with E-state index in [-0.39, 0.29) is 5.91 Å². The fraction of sp³-hybridized carbons (Fsp3) is 0.360. The molecule has 0 spiro atoms. The van der Waals surface area contributed by atoms with Gasteiger partial charge < -0.3 is 0 Å². The molecular weight excluding hydrogens is 372 g/mol. The maximum Gasteiger partial charge on any atom is 0.272 e. The zero-order chi connectivity index (χ0) is 20.1. The summed E-state index contributed by atoms with van der Waals surface area (Å²) in [6.07, 6.45) is 8.16. The molecule has 4 bridgehead atoms. The average Bonchev–Trinajstić information content (AvgIpc) is 2.78. The van der Waals surface area contributed by atoms with Crippen LogP contribution in [-0.4, -0.2) is 21.6 Å². The highest BCUT2D eigenvalue weighted by atomic mass is 16.2. The minimum absolute atomic E-state index is 0.174. The number of carbonyl (C=O) groups excluding carboxylic acids is 1. The number of hydrogen-bond donors (Lipinski definition) is 1. The summed E-state index contributed by atoms with van der Waals surface area (Å²) in [5, 5.41) is 5.52. The lowest BCUT2D eigenvalue weighted by molar-refractivity contribution is 0.0944. The van der Waals surface area contributed by atoms with Crippen molar-refractivity contribution in [2.45, 2.75) is 32.1 Å². The van der Waals surface area contributed by atoms with Gasteiger partial charge in [-0.25, -0.2) is 10.4 Å².